The Bertz CT molecular complexity index is 513. The summed E-state index contributed by atoms with van der Waals surface area (Å²) in [6.45, 7) is 4.09. The van der Waals surface area contributed by atoms with Gasteiger partial charge in [-0.25, -0.2) is 0 Å². The molecule has 0 aromatic heterocycles. The first-order valence-electron chi connectivity index (χ1n) is 6.99. The molecule has 2 unspecified atom stereocenters. The number of rotatable bonds is 2. The van der Waals surface area contributed by atoms with E-state index in [2.05, 4.69) is 11.8 Å². The zero-order valence-electron chi connectivity index (χ0n) is 11.6. The fraction of sp³-hybridized carbons (Fsp3) is 0.467. The highest BCUT2D eigenvalue weighted by Gasteiger charge is 2.36. The molecule has 0 aliphatic carbocycles. The van der Waals surface area contributed by atoms with E-state index >= 15 is 0 Å². The second-order valence-corrected chi connectivity index (χ2v) is 5.86. The van der Waals surface area contributed by atoms with Gasteiger partial charge in [0.25, 0.3) is 11.8 Å². The van der Waals surface area contributed by atoms with Gasteiger partial charge in [-0.1, -0.05) is 19.1 Å². The minimum absolute atomic E-state index is 0.119. The van der Waals surface area contributed by atoms with Gasteiger partial charge in [-0.15, -0.1) is 0 Å². The molecule has 2 aliphatic heterocycles. The van der Waals surface area contributed by atoms with Crippen molar-refractivity contribution in [1.82, 2.24) is 9.80 Å². The molecule has 2 amide bonds. The Morgan fingerprint density at radius 2 is 1.75 bits per heavy atom. The molecule has 3 rings (SSSR count). The lowest BCUT2D eigenvalue weighted by Gasteiger charge is -2.36. The molecule has 106 valence electrons. The third-order valence-electron chi connectivity index (χ3n) is 3.99. The number of benzene rings is 1. The third-order valence-corrected chi connectivity index (χ3v) is 3.99. The van der Waals surface area contributed by atoms with E-state index in [4.69, 9.17) is 5.73 Å². The predicted octanol–water partition coefficient (Wildman–Crippen LogP) is 0.909. The fourth-order valence-electron chi connectivity index (χ4n) is 3.20. The predicted molar refractivity (Wildman–Crippen MR) is 75.1 cm³/mol. The maximum Gasteiger partial charge on any atom is 0.262 e. The first-order valence-corrected chi connectivity index (χ1v) is 6.99. The van der Waals surface area contributed by atoms with E-state index in [9.17, 15) is 9.59 Å². The molecule has 0 saturated carbocycles. The zero-order chi connectivity index (χ0) is 14.3. The van der Waals surface area contributed by atoms with Crippen LogP contribution in [0.1, 0.15) is 34.1 Å². The number of fused-ring (bicyclic) bond motifs is 1. The maximum atomic E-state index is 12.3. The number of imide groups is 1. The summed E-state index contributed by atoms with van der Waals surface area (Å²) in [7, 11) is 0. The number of carbonyl (C=O) groups excluding carboxylic acids is 2. The number of nitrogens with two attached hydrogens (primary N) is 1. The van der Waals surface area contributed by atoms with Crippen molar-refractivity contribution in [1.29, 1.82) is 0 Å². The van der Waals surface area contributed by atoms with Crippen LogP contribution in [0.4, 0.5) is 0 Å². The Balaban J connectivity index is 1.76. The quantitative estimate of drug-likeness (QED) is 0.813. The highest BCUT2D eigenvalue weighted by atomic mass is 16.2. The second-order valence-electron chi connectivity index (χ2n) is 5.86. The molecular formula is C15H19N3O2. The van der Waals surface area contributed by atoms with E-state index in [0.29, 0.717) is 23.7 Å². The Kier molecular flexibility index (Phi) is 3.31. The molecular weight excluding hydrogens is 254 g/mol. The molecule has 0 radical (unpaired) electrons. The number of carbonyl (C=O) groups is 2. The maximum absolute atomic E-state index is 12.3. The topological polar surface area (TPSA) is 66.6 Å². The molecule has 2 heterocycles. The number of hydrogen-bond donors (Lipinski definition) is 1. The van der Waals surface area contributed by atoms with E-state index in [1.54, 1.807) is 24.3 Å². The average Bonchev–Trinajstić information content (AvgIpc) is 2.64. The first kappa shape index (κ1) is 13.3. The van der Waals surface area contributed by atoms with Crippen molar-refractivity contribution in [2.24, 2.45) is 11.7 Å². The van der Waals surface area contributed by atoms with Crippen molar-refractivity contribution in [3.05, 3.63) is 35.4 Å². The highest BCUT2D eigenvalue weighted by Crippen LogP contribution is 2.24. The first-order chi connectivity index (χ1) is 9.56. The molecule has 1 saturated heterocycles. The average molecular weight is 273 g/mol. The summed E-state index contributed by atoms with van der Waals surface area (Å²) in [5.74, 6) is 0.101. The molecule has 5 nitrogen and oxygen atoms in total. The number of likely N-dealkylation sites (tertiary alicyclic amines) is 1. The van der Waals surface area contributed by atoms with E-state index in [0.717, 1.165) is 19.5 Å². The second kappa shape index (κ2) is 5.00. The summed E-state index contributed by atoms with van der Waals surface area (Å²) in [5.41, 5.74) is 7.03. The van der Waals surface area contributed by atoms with Crippen molar-refractivity contribution in [3.8, 4) is 0 Å². The number of nitrogens with zero attached hydrogens (tertiary/aromatic N) is 2. The van der Waals surface area contributed by atoms with Crippen molar-refractivity contribution in [2.45, 2.75) is 19.4 Å². The van der Waals surface area contributed by atoms with E-state index in [-0.39, 0.29) is 17.9 Å². The summed E-state index contributed by atoms with van der Waals surface area (Å²) in [6, 6.07) is 7.10. The zero-order valence-corrected chi connectivity index (χ0v) is 11.6. The minimum Gasteiger partial charge on any atom is -0.327 e. The van der Waals surface area contributed by atoms with E-state index in [1.807, 2.05) is 0 Å². The normalized spacial score (nSPS) is 27.0. The highest BCUT2D eigenvalue weighted by molar-refractivity contribution is 6.21. The molecule has 0 bridgehead atoms. The number of piperidine rings is 1. The van der Waals surface area contributed by atoms with E-state index < -0.39 is 0 Å². The SMILES string of the molecule is CC1CC(N)CN(CN2C(=O)c3ccccc3C2=O)C1. The van der Waals surface area contributed by atoms with Gasteiger partial charge in [0.05, 0.1) is 17.8 Å². The summed E-state index contributed by atoms with van der Waals surface area (Å²) >= 11 is 0. The molecule has 2 aliphatic rings. The van der Waals surface area contributed by atoms with Gasteiger partial charge in [0.15, 0.2) is 0 Å². The van der Waals surface area contributed by atoms with Crippen LogP contribution in [0.5, 0.6) is 0 Å². The summed E-state index contributed by atoms with van der Waals surface area (Å²) in [4.78, 5) is 28.0. The third kappa shape index (κ3) is 2.23. The summed E-state index contributed by atoms with van der Waals surface area (Å²) in [5, 5.41) is 0. The summed E-state index contributed by atoms with van der Waals surface area (Å²) in [6.07, 6.45) is 0.999. The van der Waals surface area contributed by atoms with Gasteiger partial charge < -0.3 is 5.73 Å². The van der Waals surface area contributed by atoms with Gasteiger partial charge in [-0.3, -0.25) is 19.4 Å². The lowest BCUT2D eigenvalue weighted by atomic mass is 9.97. The lowest BCUT2D eigenvalue weighted by Crippen LogP contribution is -2.51. The number of hydrogen-bond acceptors (Lipinski definition) is 4. The molecule has 20 heavy (non-hydrogen) atoms. The molecule has 2 N–H and O–H groups in total. The lowest BCUT2D eigenvalue weighted by molar-refractivity contribution is 0.0470. The van der Waals surface area contributed by atoms with Crippen LogP contribution in [0.25, 0.3) is 0 Å². The van der Waals surface area contributed by atoms with Crippen LogP contribution in [0, 0.1) is 5.92 Å². The molecule has 5 heteroatoms. The smallest absolute Gasteiger partial charge is 0.262 e. The van der Waals surface area contributed by atoms with Gasteiger partial charge in [-0.2, -0.15) is 0 Å². The molecule has 0 spiro atoms. The Labute approximate surface area is 118 Å². The molecule has 1 aromatic carbocycles. The summed E-state index contributed by atoms with van der Waals surface area (Å²) < 4.78 is 0. The largest absolute Gasteiger partial charge is 0.327 e. The van der Waals surface area contributed by atoms with Crippen LogP contribution in [0.3, 0.4) is 0 Å². The van der Waals surface area contributed by atoms with Gasteiger partial charge >= 0.3 is 0 Å². The fourth-order valence-corrected chi connectivity index (χ4v) is 3.20. The monoisotopic (exact) mass is 273 g/mol. The van der Waals surface area contributed by atoms with Gasteiger partial charge in [0.2, 0.25) is 0 Å². The van der Waals surface area contributed by atoms with Crippen LogP contribution in [-0.4, -0.2) is 47.4 Å². The Morgan fingerprint density at radius 1 is 1.15 bits per heavy atom. The Hall–Kier alpha value is -1.72. The standard InChI is InChI=1S/C15H19N3O2/c1-10-6-11(16)8-17(7-10)9-18-14(19)12-4-2-3-5-13(12)15(18)20/h2-5,10-11H,6-9,16H2,1H3. The van der Waals surface area contributed by atoms with Crippen molar-refractivity contribution in [2.75, 3.05) is 19.8 Å². The van der Waals surface area contributed by atoms with Gasteiger partial charge in [0, 0.05) is 19.1 Å². The Morgan fingerprint density at radius 3 is 2.30 bits per heavy atom. The number of amides is 2. The van der Waals surface area contributed by atoms with Crippen LogP contribution in [0.2, 0.25) is 0 Å². The van der Waals surface area contributed by atoms with E-state index in [1.165, 1.54) is 4.90 Å². The van der Waals surface area contributed by atoms with Crippen LogP contribution in [-0.2, 0) is 0 Å². The molecule has 2 atom stereocenters. The van der Waals surface area contributed by atoms with Crippen molar-refractivity contribution < 1.29 is 9.59 Å². The minimum atomic E-state index is -0.197. The van der Waals surface area contributed by atoms with Crippen molar-refractivity contribution >= 4 is 11.8 Å². The van der Waals surface area contributed by atoms with Crippen LogP contribution in [0.15, 0.2) is 24.3 Å². The molecule has 1 fully saturated rings. The van der Waals surface area contributed by atoms with Gasteiger partial charge in [0.1, 0.15) is 0 Å². The van der Waals surface area contributed by atoms with Gasteiger partial charge in [-0.05, 0) is 24.5 Å². The van der Waals surface area contributed by atoms with Crippen LogP contribution >= 0.6 is 0 Å². The van der Waals surface area contributed by atoms with Crippen molar-refractivity contribution in [3.63, 3.8) is 0 Å². The molecule has 1 aromatic rings. The van der Waals surface area contributed by atoms with Crippen LogP contribution < -0.4 is 5.73 Å².